The van der Waals surface area contributed by atoms with Crippen LogP contribution in [0.5, 0.6) is 0 Å². The van der Waals surface area contributed by atoms with Gasteiger partial charge in [-0.15, -0.1) is 0 Å². The monoisotopic (exact) mass is 242 g/mol. The second-order valence-corrected chi connectivity index (χ2v) is 5.03. The largest absolute Gasteiger partial charge is 0.393 e. The van der Waals surface area contributed by atoms with Gasteiger partial charge in [-0.2, -0.15) is 0 Å². The Hall–Kier alpha value is -0.600. The lowest BCUT2D eigenvalue weighted by Gasteiger charge is -2.27. The van der Waals surface area contributed by atoms with E-state index in [0.717, 1.165) is 12.0 Å². The summed E-state index contributed by atoms with van der Waals surface area (Å²) in [5, 5.41) is 10.3. The van der Waals surface area contributed by atoms with Gasteiger partial charge in [0, 0.05) is 5.02 Å². The molecule has 1 saturated carbocycles. The Kier molecular flexibility index (Phi) is 3.82. The van der Waals surface area contributed by atoms with Gasteiger partial charge < -0.3 is 5.11 Å². The summed E-state index contributed by atoms with van der Waals surface area (Å²) in [5.41, 5.74) is 0.829. The number of hydrogen-bond donors (Lipinski definition) is 1. The molecule has 1 aromatic carbocycles. The van der Waals surface area contributed by atoms with Crippen LogP contribution in [-0.4, -0.2) is 11.2 Å². The summed E-state index contributed by atoms with van der Waals surface area (Å²) in [6, 6.07) is 4.34. The maximum Gasteiger partial charge on any atom is 0.124 e. The molecule has 1 atom stereocenters. The molecule has 3 heteroatoms. The van der Waals surface area contributed by atoms with Crippen molar-refractivity contribution in [2.75, 3.05) is 0 Å². The quantitative estimate of drug-likeness (QED) is 0.856. The van der Waals surface area contributed by atoms with E-state index in [4.69, 9.17) is 11.6 Å². The number of benzene rings is 1. The molecular weight excluding hydrogens is 227 g/mol. The highest BCUT2D eigenvalue weighted by Crippen LogP contribution is 2.31. The molecule has 0 aromatic heterocycles. The molecule has 1 aliphatic carbocycles. The Balaban J connectivity index is 1.91. The summed E-state index contributed by atoms with van der Waals surface area (Å²) >= 11 is 5.91. The molecule has 0 spiro atoms. The van der Waals surface area contributed by atoms with Crippen molar-refractivity contribution >= 4 is 11.6 Å². The SMILES string of the molecule is OC(Cc1ccc(F)cc1Cl)CC1CCC1. The predicted octanol–water partition coefficient (Wildman–Crippen LogP) is 3.57. The fourth-order valence-electron chi connectivity index (χ4n) is 2.14. The highest BCUT2D eigenvalue weighted by molar-refractivity contribution is 6.31. The van der Waals surface area contributed by atoms with E-state index in [9.17, 15) is 9.50 Å². The fraction of sp³-hybridized carbons (Fsp3) is 0.538. The molecule has 1 aromatic rings. The zero-order chi connectivity index (χ0) is 11.5. The van der Waals surface area contributed by atoms with Crippen molar-refractivity contribution < 1.29 is 9.50 Å². The van der Waals surface area contributed by atoms with Crippen LogP contribution >= 0.6 is 11.6 Å². The van der Waals surface area contributed by atoms with E-state index in [-0.39, 0.29) is 11.9 Å². The van der Waals surface area contributed by atoms with E-state index in [1.165, 1.54) is 31.4 Å². The third-order valence-electron chi connectivity index (χ3n) is 3.30. The minimum Gasteiger partial charge on any atom is -0.393 e. The number of aliphatic hydroxyl groups excluding tert-OH is 1. The molecule has 88 valence electrons. The van der Waals surface area contributed by atoms with E-state index in [1.54, 1.807) is 6.07 Å². The Morgan fingerprint density at radius 1 is 1.44 bits per heavy atom. The first-order valence-corrected chi connectivity index (χ1v) is 6.15. The lowest BCUT2D eigenvalue weighted by Crippen LogP contribution is -2.21. The average molecular weight is 243 g/mol. The molecule has 0 bridgehead atoms. The van der Waals surface area contributed by atoms with Crippen LogP contribution in [0.15, 0.2) is 18.2 Å². The smallest absolute Gasteiger partial charge is 0.124 e. The second-order valence-electron chi connectivity index (χ2n) is 4.63. The predicted molar refractivity (Wildman–Crippen MR) is 63.1 cm³/mol. The van der Waals surface area contributed by atoms with Gasteiger partial charge in [-0.3, -0.25) is 0 Å². The van der Waals surface area contributed by atoms with E-state index in [1.807, 2.05) is 0 Å². The summed E-state index contributed by atoms with van der Waals surface area (Å²) in [7, 11) is 0. The third kappa shape index (κ3) is 2.96. The Bertz CT molecular complexity index is 363. The maximum atomic E-state index is 12.8. The van der Waals surface area contributed by atoms with Gasteiger partial charge >= 0.3 is 0 Å². The molecule has 0 saturated heterocycles. The van der Waals surface area contributed by atoms with Crippen molar-refractivity contribution in [3.05, 3.63) is 34.6 Å². The summed E-state index contributed by atoms with van der Waals surface area (Å²) in [5.74, 6) is 0.344. The molecule has 16 heavy (non-hydrogen) atoms. The van der Waals surface area contributed by atoms with Gasteiger partial charge in [-0.05, 0) is 36.5 Å². The summed E-state index contributed by atoms with van der Waals surface area (Å²) in [6.45, 7) is 0. The minimum absolute atomic E-state index is 0.331. The number of halogens is 2. The Morgan fingerprint density at radius 3 is 2.75 bits per heavy atom. The van der Waals surface area contributed by atoms with Crippen molar-refractivity contribution in [1.82, 2.24) is 0 Å². The van der Waals surface area contributed by atoms with Gasteiger partial charge in [0.25, 0.3) is 0 Å². The van der Waals surface area contributed by atoms with Crippen LogP contribution in [0.2, 0.25) is 5.02 Å². The number of aliphatic hydroxyl groups is 1. The van der Waals surface area contributed by atoms with Crippen molar-refractivity contribution in [2.24, 2.45) is 5.92 Å². The van der Waals surface area contributed by atoms with Crippen LogP contribution in [0, 0.1) is 11.7 Å². The van der Waals surface area contributed by atoms with Gasteiger partial charge in [0.15, 0.2) is 0 Å². The van der Waals surface area contributed by atoms with Gasteiger partial charge in [-0.25, -0.2) is 4.39 Å². The van der Waals surface area contributed by atoms with E-state index in [2.05, 4.69) is 0 Å². The Morgan fingerprint density at radius 2 is 2.19 bits per heavy atom. The van der Waals surface area contributed by atoms with E-state index in [0.29, 0.717) is 17.4 Å². The van der Waals surface area contributed by atoms with Gasteiger partial charge in [0.1, 0.15) is 5.82 Å². The zero-order valence-corrected chi connectivity index (χ0v) is 9.88. The molecule has 0 amide bonds. The van der Waals surface area contributed by atoms with Crippen LogP contribution in [-0.2, 0) is 6.42 Å². The molecule has 0 heterocycles. The van der Waals surface area contributed by atoms with Crippen LogP contribution in [0.1, 0.15) is 31.2 Å². The molecule has 1 nitrogen and oxygen atoms in total. The summed E-state index contributed by atoms with van der Waals surface area (Å²) < 4.78 is 12.8. The third-order valence-corrected chi connectivity index (χ3v) is 3.65. The normalized spacial score (nSPS) is 18.2. The number of hydrogen-bond acceptors (Lipinski definition) is 1. The maximum absolute atomic E-state index is 12.8. The first-order valence-electron chi connectivity index (χ1n) is 5.77. The molecular formula is C13H16ClFO. The van der Waals surface area contributed by atoms with Gasteiger partial charge in [0.05, 0.1) is 6.10 Å². The minimum atomic E-state index is -0.353. The highest BCUT2D eigenvalue weighted by atomic mass is 35.5. The first kappa shape index (κ1) is 11.9. The van der Waals surface area contributed by atoms with Crippen molar-refractivity contribution in [3.63, 3.8) is 0 Å². The molecule has 1 unspecified atom stereocenters. The Labute approximate surface area is 100 Å². The van der Waals surface area contributed by atoms with E-state index < -0.39 is 0 Å². The first-order chi connectivity index (χ1) is 7.65. The second kappa shape index (κ2) is 5.15. The van der Waals surface area contributed by atoms with Crippen molar-refractivity contribution in [3.8, 4) is 0 Å². The van der Waals surface area contributed by atoms with Crippen molar-refractivity contribution in [1.29, 1.82) is 0 Å². The molecule has 0 aliphatic heterocycles. The van der Waals surface area contributed by atoms with Crippen LogP contribution in [0.3, 0.4) is 0 Å². The topological polar surface area (TPSA) is 20.2 Å². The highest BCUT2D eigenvalue weighted by Gasteiger charge is 2.21. The molecule has 1 aliphatic rings. The fourth-order valence-corrected chi connectivity index (χ4v) is 2.38. The molecule has 2 rings (SSSR count). The molecule has 1 N–H and O–H groups in total. The molecule has 0 radical (unpaired) electrons. The van der Waals surface area contributed by atoms with E-state index >= 15 is 0 Å². The van der Waals surface area contributed by atoms with Gasteiger partial charge in [0.2, 0.25) is 0 Å². The summed E-state index contributed by atoms with van der Waals surface area (Å²) in [6.07, 6.45) is 4.76. The zero-order valence-electron chi connectivity index (χ0n) is 9.13. The van der Waals surface area contributed by atoms with Gasteiger partial charge in [-0.1, -0.05) is 36.9 Å². The van der Waals surface area contributed by atoms with Crippen LogP contribution in [0.25, 0.3) is 0 Å². The van der Waals surface area contributed by atoms with Crippen LogP contribution < -0.4 is 0 Å². The lowest BCUT2D eigenvalue weighted by molar-refractivity contribution is 0.118. The standard InChI is InChI=1S/C13H16ClFO/c14-13-8-11(15)5-4-10(13)7-12(16)6-9-2-1-3-9/h4-5,8-9,12,16H,1-3,6-7H2. The lowest BCUT2D eigenvalue weighted by atomic mass is 9.80. The average Bonchev–Trinajstić information content (AvgIpc) is 2.16. The molecule has 1 fully saturated rings. The number of rotatable bonds is 4. The van der Waals surface area contributed by atoms with Crippen molar-refractivity contribution in [2.45, 2.75) is 38.2 Å². The van der Waals surface area contributed by atoms with Crippen LogP contribution in [0.4, 0.5) is 4.39 Å². The summed E-state index contributed by atoms with van der Waals surface area (Å²) in [4.78, 5) is 0.